The highest BCUT2D eigenvalue weighted by atomic mass is 35.5. The number of fused-ring (bicyclic) bond motifs is 2. The number of rotatable bonds is 2. The van der Waals surface area contributed by atoms with E-state index in [2.05, 4.69) is 36.4 Å². The lowest BCUT2D eigenvalue weighted by Gasteiger charge is -2.22. The third-order valence-corrected chi connectivity index (χ3v) is 5.51. The molecule has 4 rings (SSSR count). The summed E-state index contributed by atoms with van der Waals surface area (Å²) >= 11 is 5.95. The molecular weight excluding hydrogens is 264 g/mol. The van der Waals surface area contributed by atoms with Crippen LogP contribution in [-0.4, -0.2) is 0 Å². The highest BCUT2D eigenvalue weighted by Crippen LogP contribution is 2.52. The molecule has 2 aliphatic carbocycles. The smallest absolute Gasteiger partial charge is 0.0406 e. The van der Waals surface area contributed by atoms with Crippen LogP contribution in [0.25, 0.3) is 11.1 Å². The predicted molar refractivity (Wildman–Crippen MR) is 85.1 cm³/mol. The lowest BCUT2D eigenvalue weighted by Crippen LogP contribution is -2.08. The van der Waals surface area contributed by atoms with Crippen molar-refractivity contribution < 1.29 is 0 Å². The van der Waals surface area contributed by atoms with Crippen LogP contribution in [0.5, 0.6) is 0 Å². The van der Waals surface area contributed by atoms with E-state index in [1.54, 1.807) is 5.56 Å². The lowest BCUT2D eigenvalue weighted by atomic mass is 9.83. The molecule has 0 nitrogen and oxygen atoms in total. The Hall–Kier alpha value is -1.27. The molecule has 2 aliphatic rings. The minimum Gasteiger partial charge on any atom is -0.0843 e. The van der Waals surface area contributed by atoms with Crippen LogP contribution in [0, 0.1) is 11.8 Å². The van der Waals surface area contributed by atoms with Gasteiger partial charge in [-0.3, -0.25) is 0 Å². The van der Waals surface area contributed by atoms with Crippen LogP contribution < -0.4 is 0 Å². The number of hydrogen-bond acceptors (Lipinski definition) is 0. The first kappa shape index (κ1) is 12.5. The predicted octanol–water partition coefficient (Wildman–Crippen LogP) is 5.91. The molecule has 2 saturated carbocycles. The van der Waals surface area contributed by atoms with E-state index in [9.17, 15) is 0 Å². The molecule has 0 aliphatic heterocycles. The molecule has 20 heavy (non-hydrogen) atoms. The van der Waals surface area contributed by atoms with Gasteiger partial charge in [-0.2, -0.15) is 0 Å². The SMILES string of the molecule is Clc1ccc(-c2ccc(C3CC4CCC3C4)cc2)cc1. The molecule has 0 saturated heterocycles. The molecule has 0 spiro atoms. The van der Waals surface area contributed by atoms with E-state index in [4.69, 9.17) is 11.6 Å². The Kier molecular flexibility index (Phi) is 3.07. The lowest BCUT2D eigenvalue weighted by molar-refractivity contribution is 0.420. The minimum atomic E-state index is 0.798. The van der Waals surface area contributed by atoms with Gasteiger partial charge in [0.2, 0.25) is 0 Å². The van der Waals surface area contributed by atoms with Gasteiger partial charge < -0.3 is 0 Å². The Morgan fingerprint density at radius 2 is 1.40 bits per heavy atom. The molecule has 0 N–H and O–H groups in total. The molecule has 3 atom stereocenters. The van der Waals surface area contributed by atoms with Gasteiger partial charge in [0.1, 0.15) is 0 Å². The Balaban J connectivity index is 1.58. The van der Waals surface area contributed by atoms with Crippen LogP contribution in [0.2, 0.25) is 5.02 Å². The van der Waals surface area contributed by atoms with Crippen LogP contribution in [0.3, 0.4) is 0 Å². The van der Waals surface area contributed by atoms with Gasteiger partial charge >= 0.3 is 0 Å². The Morgan fingerprint density at radius 3 is 1.95 bits per heavy atom. The van der Waals surface area contributed by atoms with Gasteiger partial charge in [-0.15, -0.1) is 0 Å². The highest BCUT2D eigenvalue weighted by molar-refractivity contribution is 6.30. The zero-order valence-corrected chi connectivity index (χ0v) is 12.3. The number of benzene rings is 2. The molecule has 1 heteroatoms. The molecule has 0 radical (unpaired) electrons. The van der Waals surface area contributed by atoms with Crippen molar-refractivity contribution in [2.24, 2.45) is 11.8 Å². The summed E-state index contributed by atoms with van der Waals surface area (Å²) in [5.41, 5.74) is 4.08. The molecular formula is C19H19Cl. The molecule has 102 valence electrons. The molecule has 2 bridgehead atoms. The van der Waals surface area contributed by atoms with E-state index < -0.39 is 0 Å². The van der Waals surface area contributed by atoms with E-state index in [0.717, 1.165) is 22.8 Å². The van der Waals surface area contributed by atoms with Gasteiger partial charge in [-0.25, -0.2) is 0 Å². The van der Waals surface area contributed by atoms with Crippen molar-refractivity contribution in [3.05, 3.63) is 59.1 Å². The topological polar surface area (TPSA) is 0 Å². The minimum absolute atomic E-state index is 0.798. The van der Waals surface area contributed by atoms with Crippen molar-refractivity contribution in [3.8, 4) is 11.1 Å². The highest BCUT2D eigenvalue weighted by Gasteiger charge is 2.39. The van der Waals surface area contributed by atoms with Gasteiger partial charge in [0.05, 0.1) is 0 Å². The van der Waals surface area contributed by atoms with Crippen molar-refractivity contribution >= 4 is 11.6 Å². The van der Waals surface area contributed by atoms with Crippen molar-refractivity contribution in [2.45, 2.75) is 31.6 Å². The van der Waals surface area contributed by atoms with Crippen molar-refractivity contribution in [1.82, 2.24) is 0 Å². The zero-order valence-electron chi connectivity index (χ0n) is 11.6. The van der Waals surface area contributed by atoms with Gasteiger partial charge in [0.15, 0.2) is 0 Å². The Bertz CT molecular complexity index is 597. The second-order valence-corrected chi connectivity index (χ2v) is 6.85. The van der Waals surface area contributed by atoms with Crippen LogP contribution in [0.4, 0.5) is 0 Å². The summed E-state index contributed by atoms with van der Waals surface area (Å²) in [7, 11) is 0. The van der Waals surface area contributed by atoms with Crippen molar-refractivity contribution in [2.75, 3.05) is 0 Å². The summed E-state index contributed by atoms with van der Waals surface area (Å²) in [6, 6.07) is 17.3. The van der Waals surface area contributed by atoms with Crippen LogP contribution in [-0.2, 0) is 0 Å². The second-order valence-electron chi connectivity index (χ2n) is 6.41. The molecule has 0 amide bonds. The monoisotopic (exact) mass is 282 g/mol. The number of halogens is 1. The summed E-state index contributed by atoms with van der Waals surface area (Å²) in [5.74, 6) is 2.80. The van der Waals surface area contributed by atoms with Gasteiger partial charge in [0.25, 0.3) is 0 Å². The fraction of sp³-hybridized carbons (Fsp3) is 0.368. The normalized spacial score (nSPS) is 27.9. The van der Waals surface area contributed by atoms with Gasteiger partial charge in [-0.05, 0) is 65.8 Å². The summed E-state index contributed by atoms with van der Waals surface area (Å²) in [6.07, 6.45) is 5.83. The van der Waals surface area contributed by atoms with E-state index in [0.29, 0.717) is 0 Å². The van der Waals surface area contributed by atoms with Crippen molar-refractivity contribution in [3.63, 3.8) is 0 Å². The largest absolute Gasteiger partial charge is 0.0843 e. The third-order valence-electron chi connectivity index (χ3n) is 5.25. The van der Waals surface area contributed by atoms with E-state index in [1.165, 1.54) is 36.8 Å². The summed E-state index contributed by atoms with van der Waals surface area (Å²) in [6.45, 7) is 0. The molecule has 2 aromatic carbocycles. The van der Waals surface area contributed by atoms with Crippen LogP contribution >= 0.6 is 11.6 Å². The maximum Gasteiger partial charge on any atom is 0.0406 e. The van der Waals surface area contributed by atoms with Gasteiger partial charge in [-0.1, -0.05) is 54.4 Å². The molecule has 3 unspecified atom stereocenters. The Labute approximate surface area is 125 Å². The fourth-order valence-corrected chi connectivity index (χ4v) is 4.34. The average Bonchev–Trinajstić information content (AvgIpc) is 3.11. The summed E-state index contributed by atoms with van der Waals surface area (Å²) in [5, 5.41) is 0.798. The Morgan fingerprint density at radius 1 is 0.750 bits per heavy atom. The average molecular weight is 283 g/mol. The zero-order chi connectivity index (χ0) is 13.5. The third kappa shape index (κ3) is 2.16. The quantitative estimate of drug-likeness (QED) is 0.642. The van der Waals surface area contributed by atoms with Gasteiger partial charge in [0, 0.05) is 5.02 Å². The first-order chi connectivity index (χ1) is 9.79. The molecule has 0 aromatic heterocycles. The fourth-order valence-electron chi connectivity index (χ4n) is 4.22. The maximum absolute atomic E-state index is 5.95. The van der Waals surface area contributed by atoms with Crippen molar-refractivity contribution in [1.29, 1.82) is 0 Å². The molecule has 0 heterocycles. The summed E-state index contributed by atoms with van der Waals surface area (Å²) in [4.78, 5) is 0. The molecule has 2 aromatic rings. The second kappa shape index (κ2) is 4.93. The standard InChI is InChI=1S/C19H19Cl/c20-18-9-7-15(8-10-18)14-3-5-16(6-4-14)19-12-13-1-2-17(19)11-13/h3-10,13,17,19H,1-2,11-12H2. The maximum atomic E-state index is 5.95. The van der Waals surface area contributed by atoms with E-state index in [-0.39, 0.29) is 0 Å². The van der Waals surface area contributed by atoms with Crippen LogP contribution in [0.15, 0.2) is 48.5 Å². The van der Waals surface area contributed by atoms with E-state index in [1.807, 2.05) is 12.1 Å². The first-order valence-electron chi connectivity index (χ1n) is 7.65. The number of hydrogen-bond donors (Lipinski definition) is 0. The van der Waals surface area contributed by atoms with Crippen LogP contribution in [0.1, 0.15) is 37.2 Å². The van der Waals surface area contributed by atoms with E-state index >= 15 is 0 Å². The summed E-state index contributed by atoms with van der Waals surface area (Å²) < 4.78 is 0. The first-order valence-corrected chi connectivity index (χ1v) is 8.03. The molecule has 2 fully saturated rings.